The third kappa shape index (κ3) is 4.79. The van der Waals surface area contributed by atoms with E-state index in [4.69, 9.17) is 4.52 Å². The van der Waals surface area contributed by atoms with Crippen LogP contribution in [0.2, 0.25) is 0 Å². The van der Waals surface area contributed by atoms with E-state index in [1.165, 1.54) is 17.8 Å². The van der Waals surface area contributed by atoms with Crippen LogP contribution in [0.25, 0.3) is 0 Å². The van der Waals surface area contributed by atoms with E-state index in [2.05, 4.69) is 31.1 Å². The monoisotopic (exact) mass is 400 g/mol. The van der Waals surface area contributed by atoms with Crippen molar-refractivity contribution in [1.29, 1.82) is 0 Å². The molecule has 150 valence electrons. The molecule has 0 saturated heterocycles. The Labute approximate surface area is 173 Å². The van der Waals surface area contributed by atoms with Gasteiger partial charge in [0.05, 0.1) is 6.20 Å². The molecule has 2 aromatic carbocycles. The second-order valence-corrected chi connectivity index (χ2v) is 6.74. The number of hydrogen-bond acceptors (Lipinski definition) is 7. The van der Waals surface area contributed by atoms with Gasteiger partial charge in [-0.2, -0.15) is 4.98 Å². The first-order valence-corrected chi connectivity index (χ1v) is 9.34. The van der Waals surface area contributed by atoms with Crippen molar-refractivity contribution in [3.8, 4) is 0 Å². The summed E-state index contributed by atoms with van der Waals surface area (Å²) in [6.07, 6.45) is 1.42. The van der Waals surface area contributed by atoms with Gasteiger partial charge in [0.15, 0.2) is 0 Å². The Balaban J connectivity index is 1.44. The number of aromatic nitrogens is 3. The van der Waals surface area contributed by atoms with E-state index >= 15 is 0 Å². The van der Waals surface area contributed by atoms with E-state index in [1.807, 2.05) is 56.3 Å². The number of amides is 1. The Morgan fingerprint density at radius 2 is 1.50 bits per heavy atom. The first-order valence-electron chi connectivity index (χ1n) is 9.34. The molecule has 0 aliphatic carbocycles. The fraction of sp³-hybridized carbons (Fsp3) is 0.0909. The average molecular weight is 400 g/mol. The Hall–Kier alpha value is -4.20. The lowest BCUT2D eigenvalue weighted by molar-refractivity contribution is 0.0988. The molecule has 0 saturated carbocycles. The van der Waals surface area contributed by atoms with Crippen LogP contribution in [0.4, 0.5) is 28.8 Å². The SMILES string of the molecule is Cc1ccc(Nc2nc(C)cc(Nc3ccc(NC(=O)c4ccno4)cc3)n2)cc1. The van der Waals surface area contributed by atoms with Crippen LogP contribution in [-0.2, 0) is 0 Å². The fourth-order valence-corrected chi connectivity index (χ4v) is 2.76. The van der Waals surface area contributed by atoms with Crippen LogP contribution in [0.15, 0.2) is 71.4 Å². The third-order valence-corrected chi connectivity index (χ3v) is 4.24. The highest BCUT2D eigenvalue weighted by molar-refractivity contribution is 6.02. The molecule has 0 unspecified atom stereocenters. The molecule has 3 N–H and O–H groups in total. The van der Waals surface area contributed by atoms with Crippen LogP contribution in [0.1, 0.15) is 21.8 Å². The summed E-state index contributed by atoms with van der Waals surface area (Å²) in [5.74, 6) is 0.974. The van der Waals surface area contributed by atoms with Crippen molar-refractivity contribution in [1.82, 2.24) is 15.1 Å². The standard InChI is InChI=1S/C22H20N6O2/c1-14-3-5-18(6-4-14)27-22-24-15(2)13-20(28-22)25-16-7-9-17(10-8-16)26-21(29)19-11-12-23-30-19/h3-13H,1-2H3,(H,26,29)(H2,24,25,27,28). The van der Waals surface area contributed by atoms with Gasteiger partial charge in [-0.3, -0.25) is 4.79 Å². The molecule has 1 amide bonds. The van der Waals surface area contributed by atoms with E-state index in [0.29, 0.717) is 17.5 Å². The van der Waals surface area contributed by atoms with Gasteiger partial charge in [0.1, 0.15) is 5.82 Å². The van der Waals surface area contributed by atoms with Gasteiger partial charge >= 0.3 is 0 Å². The summed E-state index contributed by atoms with van der Waals surface area (Å²) < 4.78 is 4.85. The van der Waals surface area contributed by atoms with Crippen LogP contribution in [0.5, 0.6) is 0 Å². The Bertz CT molecular complexity index is 1140. The van der Waals surface area contributed by atoms with Crippen molar-refractivity contribution in [2.45, 2.75) is 13.8 Å². The van der Waals surface area contributed by atoms with Crippen molar-refractivity contribution < 1.29 is 9.32 Å². The second kappa shape index (κ2) is 8.44. The molecule has 0 atom stereocenters. The van der Waals surface area contributed by atoms with Gasteiger partial charge < -0.3 is 20.5 Å². The number of carbonyl (C=O) groups excluding carboxylic acids is 1. The molecular weight excluding hydrogens is 380 g/mol. The third-order valence-electron chi connectivity index (χ3n) is 4.24. The minimum absolute atomic E-state index is 0.155. The molecule has 4 rings (SSSR count). The van der Waals surface area contributed by atoms with E-state index in [9.17, 15) is 4.79 Å². The number of hydrogen-bond donors (Lipinski definition) is 3. The van der Waals surface area contributed by atoms with Crippen molar-refractivity contribution in [3.63, 3.8) is 0 Å². The van der Waals surface area contributed by atoms with Gasteiger partial charge in [-0.25, -0.2) is 4.98 Å². The van der Waals surface area contributed by atoms with Gasteiger partial charge in [0.2, 0.25) is 11.7 Å². The van der Waals surface area contributed by atoms with Crippen molar-refractivity contribution in [3.05, 3.63) is 83.9 Å². The lowest BCUT2D eigenvalue weighted by Crippen LogP contribution is -2.10. The normalized spacial score (nSPS) is 10.5. The van der Waals surface area contributed by atoms with E-state index in [1.54, 1.807) is 12.1 Å². The summed E-state index contributed by atoms with van der Waals surface area (Å²) in [4.78, 5) is 21.0. The Kier molecular flexibility index (Phi) is 5.38. The molecule has 30 heavy (non-hydrogen) atoms. The lowest BCUT2D eigenvalue weighted by Gasteiger charge is -2.11. The number of nitrogens with one attached hydrogen (secondary N) is 3. The van der Waals surface area contributed by atoms with Crippen molar-refractivity contribution in [2.24, 2.45) is 0 Å². The molecule has 8 heteroatoms. The Morgan fingerprint density at radius 1 is 0.833 bits per heavy atom. The van der Waals surface area contributed by atoms with E-state index in [0.717, 1.165) is 17.1 Å². The largest absolute Gasteiger partial charge is 0.351 e. The minimum Gasteiger partial charge on any atom is -0.351 e. The second-order valence-electron chi connectivity index (χ2n) is 6.74. The summed E-state index contributed by atoms with van der Waals surface area (Å²) in [6.45, 7) is 3.95. The molecule has 0 aliphatic rings. The molecule has 0 fully saturated rings. The summed E-state index contributed by atoms with van der Waals surface area (Å²) >= 11 is 0. The van der Waals surface area contributed by atoms with Crippen molar-refractivity contribution in [2.75, 3.05) is 16.0 Å². The molecule has 2 heterocycles. The summed E-state index contributed by atoms with van der Waals surface area (Å²) in [5, 5.41) is 12.8. The topological polar surface area (TPSA) is 105 Å². The molecule has 0 spiro atoms. The first-order chi connectivity index (χ1) is 14.5. The van der Waals surface area contributed by atoms with Crippen LogP contribution in [0, 0.1) is 13.8 Å². The van der Waals surface area contributed by atoms with Gasteiger partial charge in [-0.05, 0) is 50.2 Å². The summed E-state index contributed by atoms with van der Waals surface area (Å²) in [5.41, 5.74) is 4.41. The summed E-state index contributed by atoms with van der Waals surface area (Å²) in [6, 6.07) is 18.7. The van der Waals surface area contributed by atoms with Crippen LogP contribution >= 0.6 is 0 Å². The maximum absolute atomic E-state index is 12.0. The molecule has 8 nitrogen and oxygen atoms in total. The molecule has 4 aromatic rings. The molecule has 0 aliphatic heterocycles. The van der Waals surface area contributed by atoms with E-state index in [-0.39, 0.29) is 11.7 Å². The van der Waals surface area contributed by atoms with Crippen LogP contribution in [-0.4, -0.2) is 21.0 Å². The number of rotatable bonds is 6. The number of nitrogens with zero attached hydrogens (tertiary/aromatic N) is 3. The fourth-order valence-electron chi connectivity index (χ4n) is 2.76. The van der Waals surface area contributed by atoms with Gasteiger partial charge in [-0.15, -0.1) is 0 Å². The van der Waals surface area contributed by atoms with Crippen LogP contribution in [0.3, 0.4) is 0 Å². The van der Waals surface area contributed by atoms with Crippen molar-refractivity contribution >= 4 is 34.7 Å². The maximum Gasteiger partial charge on any atom is 0.294 e. The van der Waals surface area contributed by atoms with Gasteiger partial charge in [0, 0.05) is 34.9 Å². The number of anilines is 5. The highest BCUT2D eigenvalue weighted by Crippen LogP contribution is 2.21. The lowest BCUT2D eigenvalue weighted by atomic mass is 10.2. The first kappa shape index (κ1) is 19.1. The minimum atomic E-state index is -0.355. The molecular formula is C22H20N6O2. The zero-order valence-electron chi connectivity index (χ0n) is 16.5. The average Bonchev–Trinajstić information content (AvgIpc) is 3.26. The zero-order valence-corrected chi connectivity index (χ0v) is 16.5. The predicted octanol–water partition coefficient (Wildman–Crippen LogP) is 4.82. The Morgan fingerprint density at radius 3 is 2.20 bits per heavy atom. The number of carbonyl (C=O) groups is 1. The molecule has 0 bridgehead atoms. The maximum atomic E-state index is 12.0. The van der Waals surface area contributed by atoms with E-state index < -0.39 is 0 Å². The number of benzene rings is 2. The summed E-state index contributed by atoms with van der Waals surface area (Å²) in [7, 11) is 0. The highest BCUT2D eigenvalue weighted by atomic mass is 16.5. The zero-order chi connectivity index (χ0) is 20.9. The van der Waals surface area contributed by atoms with Gasteiger partial charge in [0.25, 0.3) is 5.91 Å². The number of aryl methyl sites for hydroxylation is 2. The highest BCUT2D eigenvalue weighted by Gasteiger charge is 2.10. The molecule has 2 aromatic heterocycles. The van der Waals surface area contributed by atoms with Gasteiger partial charge in [-0.1, -0.05) is 22.9 Å². The quantitative estimate of drug-likeness (QED) is 0.426. The predicted molar refractivity (Wildman–Crippen MR) is 115 cm³/mol. The smallest absolute Gasteiger partial charge is 0.294 e. The van der Waals surface area contributed by atoms with Crippen LogP contribution < -0.4 is 16.0 Å². The molecule has 0 radical (unpaired) electrons.